The third-order valence-electron chi connectivity index (χ3n) is 8.38. The summed E-state index contributed by atoms with van der Waals surface area (Å²) in [5, 5.41) is 11.5. The van der Waals surface area contributed by atoms with E-state index in [-0.39, 0.29) is 17.6 Å². The van der Waals surface area contributed by atoms with E-state index in [4.69, 9.17) is 16.3 Å². The number of halogens is 1. The number of pyridine rings is 1. The lowest BCUT2D eigenvalue weighted by molar-refractivity contribution is -0.148. The van der Waals surface area contributed by atoms with E-state index in [9.17, 15) is 14.7 Å². The van der Waals surface area contributed by atoms with Gasteiger partial charge in [-0.2, -0.15) is 0 Å². The molecule has 7 nitrogen and oxygen atoms in total. The molecule has 45 heavy (non-hydrogen) atoms. The Morgan fingerprint density at radius 2 is 1.82 bits per heavy atom. The second kappa shape index (κ2) is 13.0. The van der Waals surface area contributed by atoms with E-state index in [0.29, 0.717) is 18.2 Å². The average Bonchev–Trinajstić information content (AvgIpc) is 3.33. The largest absolute Gasteiger partial charge is 0.487 e. The molecule has 1 amide bonds. The maximum Gasteiger partial charge on any atom is 0.326 e. The van der Waals surface area contributed by atoms with Gasteiger partial charge in [-0.1, -0.05) is 67.1 Å². The second-order valence-corrected chi connectivity index (χ2v) is 13.3. The molecule has 3 aromatic carbocycles. The maximum atomic E-state index is 13.5. The van der Waals surface area contributed by atoms with E-state index < -0.39 is 12.0 Å². The Morgan fingerprint density at radius 3 is 2.51 bits per heavy atom. The molecule has 0 fully saturated rings. The van der Waals surface area contributed by atoms with Crippen LogP contribution in [0.4, 0.5) is 0 Å². The Labute approximate surface area is 271 Å². The number of carbonyl (C=O) groups is 2. The van der Waals surface area contributed by atoms with Gasteiger partial charge in [-0.05, 0) is 54.8 Å². The Kier molecular flexibility index (Phi) is 8.88. The van der Waals surface area contributed by atoms with Crippen LogP contribution < -0.4 is 4.74 Å². The standard InChI is InChI=1S/C36H34ClN3O4S/c1-22-17-29-32(44-21-28-14-11-26(19-38-28)25-7-5-4-6-8-25)16-15-30-34(29)35(45-22)31(18-33(41)39(3)23(2)36(42)43)40(30)20-24-9-12-27(37)13-10-24/h4-16,19,22-23H,17-18,20-21H2,1-3H3,(H,42,43). The molecule has 230 valence electrons. The van der Waals surface area contributed by atoms with Crippen LogP contribution in [-0.4, -0.2) is 49.8 Å². The Bertz CT molecular complexity index is 1860. The quantitative estimate of drug-likeness (QED) is 0.170. The SMILES string of the molecule is CC1Cc2c(OCc3ccc(-c4ccccc4)cn3)ccc3c2c(c(CC(=O)N(C)C(C)C(=O)O)n3Cc2ccc(Cl)cc2)S1. The molecule has 0 radical (unpaired) electrons. The van der Waals surface area contributed by atoms with Crippen molar-refractivity contribution in [2.24, 2.45) is 0 Å². The van der Waals surface area contributed by atoms with Crippen molar-refractivity contribution in [3.05, 3.63) is 113 Å². The lowest BCUT2D eigenvalue weighted by Gasteiger charge is -2.24. The predicted octanol–water partition coefficient (Wildman–Crippen LogP) is 7.49. The van der Waals surface area contributed by atoms with E-state index in [1.807, 2.05) is 60.8 Å². The molecule has 1 aliphatic rings. The summed E-state index contributed by atoms with van der Waals surface area (Å²) >= 11 is 7.93. The monoisotopic (exact) mass is 639 g/mol. The van der Waals surface area contributed by atoms with Crippen LogP contribution >= 0.6 is 23.4 Å². The van der Waals surface area contributed by atoms with Crippen molar-refractivity contribution in [2.75, 3.05) is 7.05 Å². The van der Waals surface area contributed by atoms with Gasteiger partial charge in [-0.25, -0.2) is 4.79 Å². The molecular weight excluding hydrogens is 606 g/mol. The molecule has 2 atom stereocenters. The first-order valence-electron chi connectivity index (χ1n) is 14.9. The van der Waals surface area contributed by atoms with E-state index in [1.54, 1.807) is 18.8 Å². The number of benzene rings is 3. The predicted molar refractivity (Wildman–Crippen MR) is 179 cm³/mol. The Morgan fingerprint density at radius 1 is 1.07 bits per heavy atom. The summed E-state index contributed by atoms with van der Waals surface area (Å²) in [6, 6.07) is 25.1. The highest BCUT2D eigenvalue weighted by Gasteiger charge is 2.31. The minimum atomic E-state index is -1.04. The van der Waals surface area contributed by atoms with E-state index in [0.717, 1.165) is 61.6 Å². The van der Waals surface area contributed by atoms with Gasteiger partial charge in [0.25, 0.3) is 0 Å². The zero-order valence-corrected chi connectivity index (χ0v) is 26.9. The van der Waals surface area contributed by atoms with Crippen LogP contribution in [0.5, 0.6) is 5.75 Å². The number of nitrogens with zero attached hydrogens (tertiary/aromatic N) is 3. The fraction of sp³-hybridized carbons (Fsp3) is 0.250. The molecule has 0 saturated heterocycles. The number of carboxylic acids is 1. The molecule has 3 heterocycles. The van der Waals surface area contributed by atoms with Gasteiger partial charge in [0, 0.05) is 57.2 Å². The van der Waals surface area contributed by atoms with Gasteiger partial charge in [0.15, 0.2) is 0 Å². The minimum Gasteiger partial charge on any atom is -0.487 e. The number of hydrogen-bond acceptors (Lipinski definition) is 5. The van der Waals surface area contributed by atoms with Crippen molar-refractivity contribution in [3.63, 3.8) is 0 Å². The maximum absolute atomic E-state index is 13.5. The summed E-state index contributed by atoms with van der Waals surface area (Å²) in [6.07, 6.45) is 2.78. The topological polar surface area (TPSA) is 84.7 Å². The van der Waals surface area contributed by atoms with Crippen molar-refractivity contribution in [3.8, 4) is 16.9 Å². The molecule has 0 bridgehead atoms. The van der Waals surface area contributed by atoms with Gasteiger partial charge in [0.05, 0.1) is 17.6 Å². The summed E-state index contributed by atoms with van der Waals surface area (Å²) in [7, 11) is 1.55. The third kappa shape index (κ3) is 6.44. The van der Waals surface area contributed by atoms with Crippen LogP contribution in [0.15, 0.2) is 90.0 Å². The summed E-state index contributed by atoms with van der Waals surface area (Å²) < 4.78 is 8.61. The number of thioether (sulfide) groups is 1. The number of ether oxygens (including phenoxy) is 1. The molecule has 9 heteroatoms. The smallest absolute Gasteiger partial charge is 0.326 e. The number of aliphatic carboxylic acids is 1. The molecule has 1 N–H and O–H groups in total. The molecule has 2 unspecified atom stereocenters. The highest BCUT2D eigenvalue weighted by Crippen LogP contribution is 2.47. The van der Waals surface area contributed by atoms with Crippen LogP contribution in [0.2, 0.25) is 5.02 Å². The first-order valence-corrected chi connectivity index (χ1v) is 16.1. The molecular formula is C36H34ClN3O4S. The van der Waals surface area contributed by atoms with E-state index in [1.165, 1.54) is 11.8 Å². The zero-order valence-electron chi connectivity index (χ0n) is 25.4. The average molecular weight is 640 g/mol. The molecule has 1 aliphatic heterocycles. The summed E-state index contributed by atoms with van der Waals surface area (Å²) in [4.78, 5) is 32.1. The first kappa shape index (κ1) is 30.7. The molecule has 2 aromatic heterocycles. The van der Waals surface area contributed by atoms with Crippen molar-refractivity contribution >= 4 is 46.1 Å². The van der Waals surface area contributed by atoms with Gasteiger partial charge in [0.1, 0.15) is 18.4 Å². The van der Waals surface area contributed by atoms with Gasteiger partial charge in [-0.15, -0.1) is 11.8 Å². The molecule has 6 rings (SSSR count). The highest BCUT2D eigenvalue weighted by atomic mass is 35.5. The zero-order chi connectivity index (χ0) is 31.7. The first-order chi connectivity index (χ1) is 21.7. The normalized spacial score (nSPS) is 14.7. The van der Waals surface area contributed by atoms with Crippen molar-refractivity contribution in [1.29, 1.82) is 0 Å². The summed E-state index contributed by atoms with van der Waals surface area (Å²) in [5.74, 6) is -0.476. The number of likely N-dealkylation sites (N-methyl/N-ethyl adjacent to an activating group) is 1. The number of carboxylic acid groups (broad SMARTS) is 1. The summed E-state index contributed by atoms with van der Waals surface area (Å²) in [5.41, 5.74) is 7.07. The number of carbonyl (C=O) groups excluding carboxylic acids is 1. The van der Waals surface area contributed by atoms with Crippen LogP contribution in [0.3, 0.4) is 0 Å². The molecule has 0 saturated carbocycles. The number of hydrogen-bond donors (Lipinski definition) is 1. The Balaban J connectivity index is 1.36. The second-order valence-electron chi connectivity index (χ2n) is 11.4. The van der Waals surface area contributed by atoms with Crippen molar-refractivity contribution in [1.82, 2.24) is 14.5 Å². The fourth-order valence-corrected chi connectivity index (χ4v) is 7.19. The Hall–Kier alpha value is -4.27. The van der Waals surface area contributed by atoms with Crippen molar-refractivity contribution < 1.29 is 19.4 Å². The minimum absolute atomic E-state index is 0.0821. The molecule has 5 aromatic rings. The summed E-state index contributed by atoms with van der Waals surface area (Å²) in [6.45, 7) is 4.58. The van der Waals surface area contributed by atoms with Crippen LogP contribution in [0.1, 0.15) is 36.4 Å². The van der Waals surface area contributed by atoms with Gasteiger partial charge >= 0.3 is 5.97 Å². The number of aromatic nitrogens is 2. The molecule has 0 aliphatic carbocycles. The van der Waals surface area contributed by atoms with Gasteiger partial charge in [0.2, 0.25) is 5.91 Å². The molecule has 0 spiro atoms. The van der Waals surface area contributed by atoms with Crippen LogP contribution in [0, 0.1) is 0 Å². The van der Waals surface area contributed by atoms with Gasteiger partial charge < -0.3 is 19.3 Å². The van der Waals surface area contributed by atoms with E-state index in [2.05, 4.69) is 40.7 Å². The third-order valence-corrected chi connectivity index (χ3v) is 9.87. The number of rotatable bonds is 10. The van der Waals surface area contributed by atoms with Crippen LogP contribution in [-0.2, 0) is 35.6 Å². The highest BCUT2D eigenvalue weighted by molar-refractivity contribution is 8.00. The lowest BCUT2D eigenvalue weighted by atomic mass is 10.0. The van der Waals surface area contributed by atoms with Crippen molar-refractivity contribution in [2.45, 2.75) is 56.0 Å². The number of amides is 1. The van der Waals surface area contributed by atoms with E-state index >= 15 is 0 Å². The van der Waals surface area contributed by atoms with Gasteiger partial charge in [-0.3, -0.25) is 9.78 Å². The fourth-order valence-electron chi connectivity index (χ4n) is 5.74. The van der Waals surface area contributed by atoms with Crippen LogP contribution in [0.25, 0.3) is 22.0 Å². The lowest BCUT2D eigenvalue weighted by Crippen LogP contribution is -2.41.